The van der Waals surface area contributed by atoms with E-state index in [1.54, 1.807) is 12.1 Å². The second kappa shape index (κ2) is 8.02. The second-order valence-electron chi connectivity index (χ2n) is 3.98. The monoisotopic (exact) mass is 302 g/mol. The minimum Gasteiger partial charge on any atom is -0.354 e. The lowest BCUT2D eigenvalue weighted by atomic mass is 10.2. The first-order valence-corrected chi connectivity index (χ1v) is 6.80. The van der Waals surface area contributed by atoms with E-state index in [1.807, 2.05) is 6.92 Å². The van der Waals surface area contributed by atoms with Crippen LogP contribution in [0.15, 0.2) is 18.2 Å². The van der Waals surface area contributed by atoms with Gasteiger partial charge in [-0.2, -0.15) is 0 Å². The Morgan fingerprint density at radius 1 is 1.16 bits per heavy atom. The van der Waals surface area contributed by atoms with Crippen molar-refractivity contribution in [3.8, 4) is 0 Å². The number of carbonyl (C=O) groups excluding carboxylic acids is 2. The number of halogens is 2. The van der Waals surface area contributed by atoms with Gasteiger partial charge < -0.3 is 10.6 Å². The fourth-order valence-electron chi connectivity index (χ4n) is 1.46. The van der Waals surface area contributed by atoms with Crippen molar-refractivity contribution in [1.82, 2.24) is 10.6 Å². The van der Waals surface area contributed by atoms with Gasteiger partial charge in [-0.05, 0) is 24.6 Å². The molecule has 2 N–H and O–H groups in total. The Labute approximate surface area is 122 Å². The summed E-state index contributed by atoms with van der Waals surface area (Å²) in [6.07, 6.45) is 1.30. The minimum atomic E-state index is -0.308. The topological polar surface area (TPSA) is 58.2 Å². The van der Waals surface area contributed by atoms with Crippen LogP contribution in [0.4, 0.5) is 0 Å². The smallest absolute Gasteiger partial charge is 0.252 e. The van der Waals surface area contributed by atoms with Crippen LogP contribution in [0, 0.1) is 0 Å². The molecule has 1 rings (SSSR count). The van der Waals surface area contributed by atoms with Gasteiger partial charge in [0.25, 0.3) is 5.91 Å². The molecular weight excluding hydrogens is 287 g/mol. The number of hydrogen-bond donors (Lipinski definition) is 2. The van der Waals surface area contributed by atoms with E-state index in [1.165, 1.54) is 6.07 Å². The average Bonchev–Trinajstić information content (AvgIpc) is 2.37. The molecule has 0 heterocycles. The van der Waals surface area contributed by atoms with Gasteiger partial charge in [0.05, 0.1) is 10.6 Å². The first-order chi connectivity index (χ1) is 9.04. The third-order valence-corrected chi connectivity index (χ3v) is 2.95. The molecule has 0 spiro atoms. The molecular formula is C13H16Cl2N2O2. The molecule has 0 saturated heterocycles. The standard InChI is InChI=1S/C13H16Cl2N2O2/c1-2-3-12(18)16-6-7-17-13(19)10-8-9(14)4-5-11(10)15/h4-5,8H,2-3,6-7H2,1H3,(H,16,18)(H,17,19). The third-order valence-electron chi connectivity index (χ3n) is 2.38. The number of benzene rings is 1. The van der Waals surface area contributed by atoms with Gasteiger partial charge in [0.15, 0.2) is 0 Å². The zero-order chi connectivity index (χ0) is 14.3. The lowest BCUT2D eigenvalue weighted by Crippen LogP contribution is -2.34. The van der Waals surface area contributed by atoms with Crippen molar-refractivity contribution in [2.45, 2.75) is 19.8 Å². The van der Waals surface area contributed by atoms with Crippen LogP contribution in [-0.4, -0.2) is 24.9 Å². The molecule has 4 nitrogen and oxygen atoms in total. The Balaban J connectivity index is 2.39. The summed E-state index contributed by atoms with van der Waals surface area (Å²) in [6.45, 7) is 2.67. The van der Waals surface area contributed by atoms with Crippen LogP contribution in [0.25, 0.3) is 0 Å². The molecule has 1 aromatic rings. The van der Waals surface area contributed by atoms with Crippen molar-refractivity contribution in [3.05, 3.63) is 33.8 Å². The molecule has 1 aromatic carbocycles. The van der Waals surface area contributed by atoms with Crippen molar-refractivity contribution in [1.29, 1.82) is 0 Å². The largest absolute Gasteiger partial charge is 0.354 e. The Kier molecular flexibility index (Phi) is 6.67. The molecule has 104 valence electrons. The van der Waals surface area contributed by atoms with Crippen molar-refractivity contribution in [2.75, 3.05) is 13.1 Å². The molecule has 0 aliphatic rings. The van der Waals surface area contributed by atoms with Crippen molar-refractivity contribution in [2.24, 2.45) is 0 Å². The summed E-state index contributed by atoms with van der Waals surface area (Å²) < 4.78 is 0. The quantitative estimate of drug-likeness (QED) is 0.794. The molecule has 2 amide bonds. The molecule has 0 bridgehead atoms. The maximum absolute atomic E-state index is 11.8. The van der Waals surface area contributed by atoms with Gasteiger partial charge in [-0.25, -0.2) is 0 Å². The van der Waals surface area contributed by atoms with Gasteiger partial charge in [0, 0.05) is 24.5 Å². The lowest BCUT2D eigenvalue weighted by Gasteiger charge is -2.08. The van der Waals surface area contributed by atoms with E-state index in [2.05, 4.69) is 10.6 Å². The van der Waals surface area contributed by atoms with E-state index in [9.17, 15) is 9.59 Å². The molecule has 0 radical (unpaired) electrons. The molecule has 0 aliphatic heterocycles. The summed E-state index contributed by atoms with van der Waals surface area (Å²) >= 11 is 11.7. The average molecular weight is 303 g/mol. The number of nitrogens with one attached hydrogen (secondary N) is 2. The highest BCUT2D eigenvalue weighted by Crippen LogP contribution is 2.20. The second-order valence-corrected chi connectivity index (χ2v) is 4.82. The highest BCUT2D eigenvalue weighted by atomic mass is 35.5. The molecule has 0 fully saturated rings. The van der Waals surface area contributed by atoms with Gasteiger partial charge in [-0.15, -0.1) is 0 Å². The van der Waals surface area contributed by atoms with Crippen LogP contribution in [0.5, 0.6) is 0 Å². The van der Waals surface area contributed by atoms with Gasteiger partial charge in [-0.3, -0.25) is 9.59 Å². The first-order valence-electron chi connectivity index (χ1n) is 6.04. The Morgan fingerprint density at radius 2 is 1.84 bits per heavy atom. The summed E-state index contributed by atoms with van der Waals surface area (Å²) in [4.78, 5) is 23.0. The highest BCUT2D eigenvalue weighted by molar-refractivity contribution is 6.35. The molecule has 0 saturated carbocycles. The maximum Gasteiger partial charge on any atom is 0.252 e. The van der Waals surface area contributed by atoms with Gasteiger partial charge >= 0.3 is 0 Å². The van der Waals surface area contributed by atoms with Crippen LogP contribution in [-0.2, 0) is 4.79 Å². The van der Waals surface area contributed by atoms with Gasteiger partial charge in [0.2, 0.25) is 5.91 Å². The summed E-state index contributed by atoms with van der Waals surface area (Å²) in [6, 6.07) is 4.70. The van der Waals surface area contributed by atoms with Crippen LogP contribution in [0.3, 0.4) is 0 Å². The van der Waals surface area contributed by atoms with E-state index in [-0.39, 0.29) is 11.8 Å². The van der Waals surface area contributed by atoms with Crippen molar-refractivity contribution >= 4 is 35.0 Å². The molecule has 0 atom stereocenters. The normalized spacial score (nSPS) is 10.1. The Bertz CT molecular complexity index is 464. The molecule has 6 heteroatoms. The van der Waals surface area contributed by atoms with Crippen molar-refractivity contribution < 1.29 is 9.59 Å². The molecule has 0 unspecified atom stereocenters. The Morgan fingerprint density at radius 3 is 2.53 bits per heavy atom. The fourth-order valence-corrected chi connectivity index (χ4v) is 1.84. The molecule has 0 aliphatic carbocycles. The van der Waals surface area contributed by atoms with Crippen LogP contribution in [0.2, 0.25) is 10.0 Å². The summed E-state index contributed by atoms with van der Waals surface area (Å²) in [5.41, 5.74) is 0.328. The number of rotatable bonds is 6. The zero-order valence-electron chi connectivity index (χ0n) is 10.6. The van der Waals surface area contributed by atoms with Crippen LogP contribution >= 0.6 is 23.2 Å². The van der Waals surface area contributed by atoms with E-state index >= 15 is 0 Å². The number of amides is 2. The van der Waals surface area contributed by atoms with E-state index in [0.29, 0.717) is 35.1 Å². The van der Waals surface area contributed by atoms with Gasteiger partial charge in [-0.1, -0.05) is 30.1 Å². The predicted octanol–water partition coefficient (Wildman–Crippen LogP) is 2.64. The molecule has 0 aromatic heterocycles. The Hall–Kier alpha value is -1.26. The summed E-state index contributed by atoms with van der Waals surface area (Å²) in [5, 5.41) is 6.17. The van der Waals surface area contributed by atoms with E-state index in [4.69, 9.17) is 23.2 Å². The SMILES string of the molecule is CCCC(=O)NCCNC(=O)c1cc(Cl)ccc1Cl. The molecule has 19 heavy (non-hydrogen) atoms. The predicted molar refractivity (Wildman–Crippen MR) is 76.7 cm³/mol. The van der Waals surface area contributed by atoms with E-state index < -0.39 is 0 Å². The van der Waals surface area contributed by atoms with Crippen LogP contribution in [0.1, 0.15) is 30.1 Å². The summed E-state index contributed by atoms with van der Waals surface area (Å²) in [7, 11) is 0. The van der Waals surface area contributed by atoms with E-state index in [0.717, 1.165) is 6.42 Å². The van der Waals surface area contributed by atoms with Crippen molar-refractivity contribution in [3.63, 3.8) is 0 Å². The number of carbonyl (C=O) groups is 2. The van der Waals surface area contributed by atoms with Gasteiger partial charge in [0.1, 0.15) is 0 Å². The summed E-state index contributed by atoms with van der Waals surface area (Å²) in [5.74, 6) is -0.324. The fraction of sp³-hybridized carbons (Fsp3) is 0.385. The third kappa shape index (κ3) is 5.49. The highest BCUT2D eigenvalue weighted by Gasteiger charge is 2.10. The lowest BCUT2D eigenvalue weighted by molar-refractivity contribution is -0.121. The zero-order valence-corrected chi connectivity index (χ0v) is 12.1. The van der Waals surface area contributed by atoms with Crippen LogP contribution < -0.4 is 10.6 Å². The maximum atomic E-state index is 11.8. The number of hydrogen-bond acceptors (Lipinski definition) is 2. The first kappa shape index (κ1) is 15.8. The minimum absolute atomic E-state index is 0.0162.